The molecule has 65 heavy (non-hydrogen) atoms. The van der Waals surface area contributed by atoms with Crippen LogP contribution in [0.15, 0.2) is 72.9 Å². The van der Waals surface area contributed by atoms with Crippen molar-refractivity contribution >= 4 is 37.5 Å². The molecule has 0 aliphatic carbocycles. The van der Waals surface area contributed by atoms with Gasteiger partial charge in [0.2, 0.25) is 0 Å². The zero-order chi connectivity index (χ0) is 47.4. The van der Waals surface area contributed by atoms with E-state index in [0.717, 1.165) is 122 Å². The second-order valence-corrected chi connectivity index (χ2v) is 25.2. The van der Waals surface area contributed by atoms with Crippen LogP contribution in [0.2, 0.25) is 4.44 Å². The Morgan fingerprint density at radius 2 is 0.523 bits per heavy atom. The average molecular weight is 1010 g/mol. The van der Waals surface area contributed by atoms with Crippen LogP contribution < -0.4 is 0 Å². The van der Waals surface area contributed by atoms with Gasteiger partial charge in [-0.05, 0) is 38.5 Å². The SMILES string of the molecule is CCCCC/C=C\C/C=C\CCCCCCCC(=O)[O][Sn]([CH2]CCC)([O]C(=O)CCCCCCC/C=C\C/C=C\CCCCC)[O]C(=O)CCCCCCC/C=C\C/C=C\CCCCC. The standard InChI is InChI=1S/3C18H32O2.C4H9.Sn/c3*1-2-3-4-5-6-7-8-9-10-11-12-13-14-15-16-17-18(19)20;1-3-4-2;/h3*6-7,9-10H,2-5,8,11-17H2,1H3,(H,19,20);1,3-4H2,2H3;/q;;;;+3/p-3/b3*7-6-,10-9-;;. The summed E-state index contributed by atoms with van der Waals surface area (Å²) in [6, 6.07) is 0. The van der Waals surface area contributed by atoms with Crippen molar-refractivity contribution in [1.29, 1.82) is 0 Å². The van der Waals surface area contributed by atoms with Gasteiger partial charge >= 0.3 is 276 Å². The van der Waals surface area contributed by atoms with Crippen LogP contribution >= 0.6 is 0 Å². The van der Waals surface area contributed by atoms with Gasteiger partial charge in [-0.25, -0.2) is 0 Å². The molecule has 0 aromatic carbocycles. The van der Waals surface area contributed by atoms with Gasteiger partial charge in [-0.2, -0.15) is 0 Å². The summed E-state index contributed by atoms with van der Waals surface area (Å²) in [5, 5.41) is 0. The van der Waals surface area contributed by atoms with Gasteiger partial charge in [0.15, 0.2) is 0 Å². The Bertz CT molecular complexity index is 1120. The molecule has 0 saturated heterocycles. The van der Waals surface area contributed by atoms with Crippen LogP contribution in [0.3, 0.4) is 0 Å². The van der Waals surface area contributed by atoms with Gasteiger partial charge in [-0.15, -0.1) is 0 Å². The zero-order valence-electron chi connectivity index (χ0n) is 43.0. The van der Waals surface area contributed by atoms with Crippen LogP contribution in [0.25, 0.3) is 0 Å². The summed E-state index contributed by atoms with van der Waals surface area (Å²) in [6.45, 7) is 8.77. The summed E-state index contributed by atoms with van der Waals surface area (Å²) in [7, 11) is 0. The molecule has 0 unspecified atom stereocenters. The minimum atomic E-state index is -4.90. The van der Waals surface area contributed by atoms with Gasteiger partial charge < -0.3 is 0 Å². The van der Waals surface area contributed by atoms with Gasteiger partial charge in [-0.1, -0.05) is 95.8 Å². The van der Waals surface area contributed by atoms with Crippen LogP contribution in [0.4, 0.5) is 0 Å². The van der Waals surface area contributed by atoms with E-state index in [9.17, 15) is 14.4 Å². The van der Waals surface area contributed by atoms with Crippen LogP contribution in [0.5, 0.6) is 0 Å². The van der Waals surface area contributed by atoms with Gasteiger partial charge in [0, 0.05) is 0 Å². The van der Waals surface area contributed by atoms with Crippen molar-refractivity contribution in [3.8, 4) is 0 Å². The summed E-state index contributed by atoms with van der Waals surface area (Å²) < 4.78 is 18.7. The van der Waals surface area contributed by atoms with E-state index in [4.69, 9.17) is 9.22 Å². The molecule has 0 bridgehead atoms. The molecule has 0 saturated carbocycles. The van der Waals surface area contributed by atoms with Crippen LogP contribution in [-0.4, -0.2) is 37.5 Å². The van der Waals surface area contributed by atoms with Crippen molar-refractivity contribution in [2.45, 2.75) is 276 Å². The van der Waals surface area contributed by atoms with Gasteiger partial charge in [0.05, 0.1) is 0 Å². The number of allylic oxidation sites excluding steroid dienone is 12. The predicted molar refractivity (Wildman–Crippen MR) is 282 cm³/mol. The molecular weight excluding hydrogens is 911 g/mol. The van der Waals surface area contributed by atoms with E-state index < -0.39 is 37.5 Å². The van der Waals surface area contributed by atoms with Gasteiger partial charge in [0.1, 0.15) is 0 Å². The number of carbonyl (C=O) groups is 3. The monoisotopic (exact) mass is 1010 g/mol. The molecule has 0 N–H and O–H groups in total. The molecule has 0 aromatic rings. The molecule has 0 radical (unpaired) electrons. The number of hydrogen-bond donors (Lipinski definition) is 0. The first-order chi connectivity index (χ1) is 31.9. The smallest absolute Gasteiger partial charge is 0.0882 e. The number of unbranched alkanes of at least 4 members (excludes halogenated alkanes) is 25. The van der Waals surface area contributed by atoms with E-state index in [1.54, 1.807) is 0 Å². The molecule has 0 heterocycles. The molecule has 0 rings (SSSR count). The first kappa shape index (κ1) is 62.6. The Morgan fingerprint density at radius 1 is 0.292 bits per heavy atom. The average Bonchev–Trinajstić information content (AvgIpc) is 3.29. The third-order valence-corrected chi connectivity index (χ3v) is 19.0. The third-order valence-electron chi connectivity index (χ3n) is 11.6. The second-order valence-electron chi connectivity index (χ2n) is 18.2. The zero-order valence-corrected chi connectivity index (χ0v) is 45.8. The molecule has 0 fully saturated rings. The maximum atomic E-state index is 13.4. The van der Waals surface area contributed by atoms with Crippen LogP contribution in [0, 0.1) is 0 Å². The van der Waals surface area contributed by atoms with Gasteiger partial charge in [-0.3, -0.25) is 0 Å². The molecule has 6 nitrogen and oxygen atoms in total. The number of carbonyl (C=O) groups excluding carboxylic acids is 3. The minimum absolute atomic E-state index is 0.250. The van der Waals surface area contributed by atoms with E-state index >= 15 is 0 Å². The third kappa shape index (κ3) is 46.5. The Hall–Kier alpha value is -2.35. The van der Waals surface area contributed by atoms with Crippen molar-refractivity contribution in [3.63, 3.8) is 0 Å². The minimum Gasteiger partial charge on any atom is -0.0882 e. The molecule has 374 valence electrons. The fourth-order valence-electron chi connectivity index (χ4n) is 7.52. The molecule has 0 aliphatic heterocycles. The van der Waals surface area contributed by atoms with E-state index in [-0.39, 0.29) is 19.3 Å². The van der Waals surface area contributed by atoms with E-state index in [1.165, 1.54) is 77.0 Å². The Kier molecular flexibility index (Phi) is 49.2. The normalized spacial score (nSPS) is 12.4. The van der Waals surface area contributed by atoms with Crippen molar-refractivity contribution in [2.75, 3.05) is 0 Å². The van der Waals surface area contributed by atoms with Crippen LogP contribution in [-0.2, 0) is 23.6 Å². The van der Waals surface area contributed by atoms with E-state index in [2.05, 4.69) is 101 Å². The van der Waals surface area contributed by atoms with E-state index in [1.807, 2.05) is 0 Å². The molecule has 0 amide bonds. The fraction of sp³-hybridized carbons (Fsp3) is 0.741. The summed E-state index contributed by atoms with van der Waals surface area (Å²) in [4.78, 5) is 40.1. The Balaban J connectivity index is 4.95. The Morgan fingerprint density at radius 3 is 0.785 bits per heavy atom. The second kappa shape index (κ2) is 51.0. The molecule has 7 heteroatoms. The first-order valence-electron chi connectivity index (χ1n) is 27.5. The fourth-order valence-corrected chi connectivity index (χ4v) is 14.8. The predicted octanol–water partition coefficient (Wildman–Crippen LogP) is 18.8. The Labute approximate surface area is 407 Å². The summed E-state index contributed by atoms with van der Waals surface area (Å²) in [6.07, 6.45) is 66.0. The molecule has 0 aromatic heterocycles. The quantitative estimate of drug-likeness (QED) is 0.0343. The van der Waals surface area contributed by atoms with Crippen molar-refractivity contribution in [2.24, 2.45) is 0 Å². The van der Waals surface area contributed by atoms with E-state index in [0.29, 0.717) is 30.1 Å². The summed E-state index contributed by atoms with van der Waals surface area (Å²) in [5.41, 5.74) is 0. The molecular formula is C58H102O6Sn. The maximum absolute atomic E-state index is 13.4. The van der Waals surface area contributed by atoms with Crippen LogP contribution in [0.1, 0.15) is 272 Å². The summed E-state index contributed by atoms with van der Waals surface area (Å²) >= 11 is -4.90. The van der Waals surface area contributed by atoms with Crippen molar-refractivity contribution < 1.29 is 23.6 Å². The molecule has 0 spiro atoms. The molecule has 0 atom stereocenters. The van der Waals surface area contributed by atoms with Crippen molar-refractivity contribution in [1.82, 2.24) is 0 Å². The van der Waals surface area contributed by atoms with Crippen molar-refractivity contribution in [3.05, 3.63) is 72.9 Å². The number of hydrogen-bond acceptors (Lipinski definition) is 6. The number of rotatable bonds is 48. The first-order valence-corrected chi connectivity index (χ1v) is 33.0. The summed E-state index contributed by atoms with van der Waals surface area (Å²) in [5.74, 6) is -1.17. The van der Waals surface area contributed by atoms with Gasteiger partial charge in [0.25, 0.3) is 0 Å². The topological polar surface area (TPSA) is 78.9 Å². The molecule has 0 aliphatic rings.